The van der Waals surface area contributed by atoms with Crippen molar-refractivity contribution in [3.05, 3.63) is 71.3 Å². The molecule has 0 amide bonds. The molecule has 0 radical (unpaired) electrons. The molecule has 1 aromatic rings. The third-order valence-corrected chi connectivity index (χ3v) is 7.35. The van der Waals surface area contributed by atoms with Crippen molar-refractivity contribution < 1.29 is 12.6 Å². The van der Waals surface area contributed by atoms with Crippen LogP contribution in [0.2, 0.25) is 0 Å². The summed E-state index contributed by atoms with van der Waals surface area (Å²) in [6.45, 7) is 5.94. The topological polar surface area (TPSA) is 43.4 Å². The predicted molar refractivity (Wildman–Crippen MR) is 108 cm³/mol. The number of hydrogen-bond donors (Lipinski definition) is 0. The summed E-state index contributed by atoms with van der Waals surface area (Å²) in [6.07, 6.45) is 12.1. The molecule has 0 N–H and O–H groups in total. The van der Waals surface area contributed by atoms with Crippen LogP contribution in [-0.2, 0) is 19.0 Å². The third kappa shape index (κ3) is 4.18. The zero-order chi connectivity index (χ0) is 19.2. The summed E-state index contributed by atoms with van der Waals surface area (Å²) in [7, 11) is -2.56. The van der Waals surface area contributed by atoms with Gasteiger partial charge in [-0.05, 0) is 52.0 Å². The van der Waals surface area contributed by atoms with Crippen LogP contribution in [0.5, 0.6) is 0 Å². The van der Waals surface area contributed by atoms with Crippen molar-refractivity contribution in [2.24, 2.45) is 5.92 Å². The highest BCUT2D eigenvalue weighted by atomic mass is 32.2. The fraction of sp³-hybridized carbons (Fsp3) is 0.455. The summed E-state index contributed by atoms with van der Waals surface area (Å²) in [6, 6.07) is 9.45. The maximum Gasteiger partial charge on any atom is 0.277 e. The lowest BCUT2D eigenvalue weighted by molar-refractivity contribution is 0.333. The van der Waals surface area contributed by atoms with Gasteiger partial charge in [-0.3, -0.25) is 4.18 Å². The molecule has 1 aliphatic carbocycles. The molecule has 0 heterocycles. The van der Waals surface area contributed by atoms with Crippen molar-refractivity contribution in [2.75, 3.05) is 7.11 Å². The lowest BCUT2D eigenvalue weighted by Crippen LogP contribution is -2.42. The minimum absolute atomic E-state index is 0.196. The molecule has 0 aromatic heterocycles. The van der Waals surface area contributed by atoms with E-state index in [0.29, 0.717) is 6.42 Å². The van der Waals surface area contributed by atoms with Gasteiger partial charge in [-0.2, -0.15) is 8.42 Å². The zero-order valence-corrected chi connectivity index (χ0v) is 17.1. The van der Waals surface area contributed by atoms with Crippen LogP contribution in [0.15, 0.2) is 65.8 Å². The van der Waals surface area contributed by atoms with Gasteiger partial charge in [-0.1, -0.05) is 65.8 Å². The van der Waals surface area contributed by atoms with Gasteiger partial charge in [0.25, 0.3) is 10.1 Å². The Kier molecular flexibility index (Phi) is 7.01. The predicted octanol–water partition coefficient (Wildman–Crippen LogP) is 5.52. The molecular formula is C22H30O3S. The van der Waals surface area contributed by atoms with E-state index in [1.54, 1.807) is 6.92 Å². The molecular weight excluding hydrogens is 344 g/mol. The Labute approximate surface area is 158 Å². The first-order chi connectivity index (χ1) is 12.3. The van der Waals surface area contributed by atoms with Gasteiger partial charge < -0.3 is 0 Å². The van der Waals surface area contributed by atoms with Gasteiger partial charge in [-0.25, -0.2) is 0 Å². The number of hydrogen-bond acceptors (Lipinski definition) is 3. The molecule has 0 saturated carbocycles. The Bertz CT molecular complexity index is 784. The smallest absolute Gasteiger partial charge is 0.273 e. The van der Waals surface area contributed by atoms with E-state index in [2.05, 4.69) is 38.2 Å². The lowest BCUT2D eigenvalue weighted by atomic mass is 9.76. The molecule has 0 saturated heterocycles. The van der Waals surface area contributed by atoms with Crippen molar-refractivity contribution in [1.82, 2.24) is 0 Å². The van der Waals surface area contributed by atoms with Crippen molar-refractivity contribution in [3.8, 4) is 0 Å². The molecule has 26 heavy (non-hydrogen) atoms. The molecule has 2 atom stereocenters. The van der Waals surface area contributed by atoms with Gasteiger partial charge in [0.15, 0.2) is 0 Å². The van der Waals surface area contributed by atoms with E-state index in [4.69, 9.17) is 4.18 Å². The first-order valence-electron chi connectivity index (χ1n) is 9.16. The number of benzene rings is 1. The molecule has 0 fully saturated rings. The van der Waals surface area contributed by atoms with Crippen LogP contribution >= 0.6 is 0 Å². The zero-order valence-electron chi connectivity index (χ0n) is 16.2. The van der Waals surface area contributed by atoms with Crippen LogP contribution in [0.3, 0.4) is 0 Å². The molecule has 1 aromatic carbocycles. The summed E-state index contributed by atoms with van der Waals surface area (Å²) in [4.78, 5) is 0. The molecule has 142 valence electrons. The van der Waals surface area contributed by atoms with E-state index in [9.17, 15) is 8.42 Å². The summed E-state index contributed by atoms with van der Waals surface area (Å²) in [5.41, 5.74) is 3.10. The highest BCUT2D eigenvalue weighted by Crippen LogP contribution is 2.46. The Morgan fingerprint density at radius 2 is 1.65 bits per heavy atom. The van der Waals surface area contributed by atoms with Crippen LogP contribution < -0.4 is 0 Å². The van der Waals surface area contributed by atoms with Crippen LogP contribution in [0, 0.1) is 5.92 Å². The lowest BCUT2D eigenvalue weighted by Gasteiger charge is -2.38. The maximum atomic E-state index is 13.2. The molecule has 2 unspecified atom stereocenters. The van der Waals surface area contributed by atoms with E-state index < -0.39 is 14.9 Å². The quantitative estimate of drug-likeness (QED) is 0.515. The second-order valence-electron chi connectivity index (χ2n) is 7.13. The van der Waals surface area contributed by atoms with Gasteiger partial charge in [0.05, 0.1) is 7.11 Å². The van der Waals surface area contributed by atoms with Crippen molar-refractivity contribution in [3.63, 3.8) is 0 Å². The van der Waals surface area contributed by atoms with Crippen molar-refractivity contribution in [1.29, 1.82) is 0 Å². The molecule has 4 heteroatoms. The standard InChI is InChI=1S/C22H30O3S/c1-18(2)20-16-12-7-5-6-8-13-17-21(20)22(3,26(23,24)25-4)19-14-10-9-11-15-19/h7-15,21H,5-6,16-17H2,1-4H3. The second kappa shape index (κ2) is 8.83. The summed E-state index contributed by atoms with van der Waals surface area (Å²) < 4.78 is 30.2. The van der Waals surface area contributed by atoms with E-state index in [1.807, 2.05) is 30.3 Å². The Balaban J connectivity index is 2.71. The fourth-order valence-electron chi connectivity index (χ4n) is 3.73. The van der Waals surface area contributed by atoms with Gasteiger partial charge >= 0.3 is 0 Å². The summed E-state index contributed by atoms with van der Waals surface area (Å²) in [5, 5.41) is 0. The second-order valence-corrected chi connectivity index (χ2v) is 9.22. The number of rotatable bonds is 4. The van der Waals surface area contributed by atoms with Crippen LogP contribution in [-0.4, -0.2) is 15.5 Å². The molecule has 2 rings (SSSR count). The minimum Gasteiger partial charge on any atom is -0.273 e. The van der Waals surface area contributed by atoms with Crippen LogP contribution in [0.25, 0.3) is 0 Å². The van der Waals surface area contributed by atoms with Crippen LogP contribution in [0.1, 0.15) is 52.0 Å². The Hall–Kier alpha value is -1.65. The molecule has 1 aliphatic rings. The van der Waals surface area contributed by atoms with Gasteiger partial charge in [0.2, 0.25) is 0 Å². The highest BCUT2D eigenvalue weighted by Gasteiger charge is 2.48. The van der Waals surface area contributed by atoms with Crippen molar-refractivity contribution >= 4 is 10.1 Å². The average molecular weight is 375 g/mol. The van der Waals surface area contributed by atoms with E-state index in [0.717, 1.165) is 24.8 Å². The molecule has 3 nitrogen and oxygen atoms in total. The van der Waals surface area contributed by atoms with Crippen molar-refractivity contribution in [2.45, 2.75) is 51.2 Å². The maximum absolute atomic E-state index is 13.2. The molecule has 0 bridgehead atoms. The highest BCUT2D eigenvalue weighted by molar-refractivity contribution is 7.87. The molecule has 0 aliphatic heterocycles. The van der Waals surface area contributed by atoms with E-state index >= 15 is 0 Å². The van der Waals surface area contributed by atoms with Crippen LogP contribution in [0.4, 0.5) is 0 Å². The largest absolute Gasteiger partial charge is 0.277 e. The molecule has 0 spiro atoms. The van der Waals surface area contributed by atoms with E-state index in [1.165, 1.54) is 18.3 Å². The first kappa shape index (κ1) is 20.7. The number of allylic oxidation sites excluding steroid dienone is 6. The monoisotopic (exact) mass is 374 g/mol. The normalized spacial score (nSPS) is 21.2. The fourth-order valence-corrected chi connectivity index (χ4v) is 5.09. The van der Waals surface area contributed by atoms with Gasteiger partial charge in [0, 0.05) is 5.92 Å². The summed E-state index contributed by atoms with van der Waals surface area (Å²) in [5.74, 6) is -0.196. The minimum atomic E-state index is -3.82. The van der Waals surface area contributed by atoms with Gasteiger partial charge in [0.1, 0.15) is 4.75 Å². The van der Waals surface area contributed by atoms with E-state index in [-0.39, 0.29) is 5.92 Å². The summed E-state index contributed by atoms with van der Waals surface area (Å²) >= 11 is 0. The SMILES string of the molecule is COS(=O)(=O)C(C)(c1ccccc1)C1CC=CCCC=CCC1=C(C)C. The Morgan fingerprint density at radius 1 is 1.04 bits per heavy atom. The third-order valence-electron chi connectivity index (χ3n) is 5.36. The van der Waals surface area contributed by atoms with Gasteiger partial charge in [-0.15, -0.1) is 0 Å². The average Bonchev–Trinajstić information content (AvgIpc) is 2.65. The first-order valence-corrected chi connectivity index (χ1v) is 10.6. The Morgan fingerprint density at radius 3 is 2.23 bits per heavy atom.